The molecule has 0 atom stereocenters. The third kappa shape index (κ3) is 18.4. The van der Waals surface area contributed by atoms with E-state index in [1.54, 1.807) is 20.8 Å². The fourth-order valence-electron chi connectivity index (χ4n) is 2.42. The minimum atomic E-state index is 0.932. The van der Waals surface area contributed by atoms with Gasteiger partial charge in [0.1, 0.15) is 0 Å². The van der Waals surface area contributed by atoms with E-state index in [0.717, 1.165) is 6.61 Å². The Morgan fingerprint density at radius 1 is 0.650 bits per heavy atom. The van der Waals surface area contributed by atoms with Crippen LogP contribution < -0.4 is 0 Å². The van der Waals surface area contributed by atoms with Gasteiger partial charge >= 0.3 is 94.3 Å². The van der Waals surface area contributed by atoms with Crippen LogP contribution in [0.1, 0.15) is 96.8 Å². The van der Waals surface area contributed by atoms with Gasteiger partial charge in [-0.05, 0) is 6.42 Å². The summed E-state index contributed by atoms with van der Waals surface area (Å²) in [6.07, 6.45) is 23.9. The maximum absolute atomic E-state index is 5.05. The van der Waals surface area contributed by atoms with Crippen LogP contribution in [0.2, 0.25) is 0 Å². The molecule has 0 saturated heterocycles. The third-order valence-corrected chi connectivity index (χ3v) is 4.08. The fraction of sp³-hybridized carbons (Fsp3) is 0.889. The topological polar surface area (TPSA) is 9.23 Å². The Kier molecular flexibility index (Phi) is 19.8. The summed E-state index contributed by atoms with van der Waals surface area (Å²) < 4.78 is 5.05. The summed E-state index contributed by atoms with van der Waals surface area (Å²) in [5.74, 6) is 0. The molecule has 0 unspecified atom stereocenters. The van der Waals surface area contributed by atoms with Gasteiger partial charge in [0.05, 0.1) is 0 Å². The van der Waals surface area contributed by atoms with Gasteiger partial charge in [0.25, 0.3) is 0 Å². The molecular weight excluding hydrogens is 280 g/mol. The van der Waals surface area contributed by atoms with Crippen molar-refractivity contribution in [1.82, 2.24) is 0 Å². The molecule has 0 aliphatic carbocycles. The summed E-state index contributed by atoms with van der Waals surface area (Å²) in [5, 5.41) is 0. The van der Waals surface area contributed by atoms with Crippen LogP contribution in [0.4, 0.5) is 0 Å². The molecule has 0 N–H and O–H groups in total. The molecule has 0 spiro atoms. The molecular formula is C18H35OTi. The molecule has 2 heteroatoms. The van der Waals surface area contributed by atoms with Gasteiger partial charge in [-0.1, -0.05) is 39.0 Å². The molecule has 0 aromatic heterocycles. The summed E-state index contributed by atoms with van der Waals surface area (Å²) in [5.41, 5.74) is 0. The van der Waals surface area contributed by atoms with Crippen molar-refractivity contribution in [2.45, 2.75) is 96.8 Å². The van der Waals surface area contributed by atoms with Gasteiger partial charge in [0.2, 0.25) is 0 Å². The van der Waals surface area contributed by atoms with E-state index in [1.165, 1.54) is 89.9 Å². The summed E-state index contributed by atoms with van der Waals surface area (Å²) in [7, 11) is 0. The second kappa shape index (κ2) is 19.4. The van der Waals surface area contributed by atoms with Gasteiger partial charge < -0.3 is 0 Å². The average molecular weight is 315 g/mol. The zero-order chi connectivity index (χ0) is 14.7. The summed E-state index contributed by atoms with van der Waals surface area (Å²) in [6.45, 7) is 3.21. The Morgan fingerprint density at radius 3 is 1.60 bits per heavy atom. The summed E-state index contributed by atoms with van der Waals surface area (Å²) in [4.78, 5) is 0. The molecule has 117 valence electrons. The molecule has 0 aliphatic rings. The van der Waals surface area contributed by atoms with E-state index in [0.29, 0.717) is 0 Å². The standard InChI is InChI=1S/C18H35O.Ti/c1-2-3-4-5-6-7-8-9-10-11-12-13-14-15-16-17-18-19;/h9-10H,2-8,11-18H2,1H3;/q-1;+1. The Hall–Kier alpha value is 0.414. The van der Waals surface area contributed by atoms with Gasteiger partial charge in [0.15, 0.2) is 0 Å². The van der Waals surface area contributed by atoms with Crippen molar-refractivity contribution < 1.29 is 24.1 Å². The van der Waals surface area contributed by atoms with Crippen molar-refractivity contribution in [3.63, 3.8) is 0 Å². The Bertz CT molecular complexity index is 192. The predicted molar refractivity (Wildman–Crippen MR) is 85.4 cm³/mol. The summed E-state index contributed by atoms with van der Waals surface area (Å²) >= 11 is 1.79. The van der Waals surface area contributed by atoms with Crippen molar-refractivity contribution in [3.8, 4) is 0 Å². The molecule has 1 nitrogen and oxygen atoms in total. The van der Waals surface area contributed by atoms with Crippen LogP contribution in [0.15, 0.2) is 12.2 Å². The van der Waals surface area contributed by atoms with Crippen LogP contribution in [0.3, 0.4) is 0 Å². The van der Waals surface area contributed by atoms with E-state index in [2.05, 4.69) is 19.1 Å². The second-order valence-corrected chi connectivity index (χ2v) is 6.24. The fourth-order valence-corrected chi connectivity index (χ4v) is 2.65. The Morgan fingerprint density at radius 2 is 1.10 bits per heavy atom. The molecule has 0 fully saturated rings. The zero-order valence-corrected chi connectivity index (χ0v) is 15.2. The number of rotatable bonds is 16. The van der Waals surface area contributed by atoms with Crippen LogP contribution in [-0.2, 0) is 24.1 Å². The first-order chi connectivity index (χ1) is 9.91. The number of hydrogen-bond acceptors (Lipinski definition) is 1. The van der Waals surface area contributed by atoms with Crippen LogP contribution in [0.25, 0.3) is 0 Å². The number of allylic oxidation sites excluding steroid dienone is 2. The van der Waals surface area contributed by atoms with Crippen LogP contribution in [-0.4, -0.2) is 6.61 Å². The minimum absolute atomic E-state index is 0.932. The van der Waals surface area contributed by atoms with Crippen molar-refractivity contribution in [2.75, 3.05) is 6.61 Å². The molecule has 0 heterocycles. The monoisotopic (exact) mass is 315 g/mol. The quantitative estimate of drug-likeness (QED) is 0.179. The van der Waals surface area contributed by atoms with Gasteiger partial charge in [-0.2, -0.15) is 0 Å². The van der Waals surface area contributed by atoms with Crippen LogP contribution >= 0.6 is 0 Å². The molecule has 0 aromatic rings. The Labute approximate surface area is 139 Å². The third-order valence-electron chi connectivity index (χ3n) is 3.76. The first-order valence-electron chi connectivity index (χ1n) is 8.85. The van der Waals surface area contributed by atoms with E-state index < -0.39 is 0 Å². The van der Waals surface area contributed by atoms with Crippen LogP contribution in [0, 0.1) is 0 Å². The van der Waals surface area contributed by atoms with Gasteiger partial charge in [-0.3, -0.25) is 0 Å². The molecule has 0 radical (unpaired) electrons. The van der Waals surface area contributed by atoms with Gasteiger partial charge in [-0.15, -0.1) is 0 Å². The van der Waals surface area contributed by atoms with Crippen molar-refractivity contribution in [1.29, 1.82) is 0 Å². The van der Waals surface area contributed by atoms with E-state index in [-0.39, 0.29) is 0 Å². The van der Waals surface area contributed by atoms with E-state index >= 15 is 0 Å². The zero-order valence-electron chi connectivity index (χ0n) is 13.7. The van der Waals surface area contributed by atoms with E-state index in [1.807, 2.05) is 0 Å². The first kappa shape index (κ1) is 20.4. The predicted octanol–water partition coefficient (Wildman–Crippen LogP) is 6.50. The summed E-state index contributed by atoms with van der Waals surface area (Å²) in [6, 6.07) is 0. The van der Waals surface area contributed by atoms with Crippen molar-refractivity contribution in [3.05, 3.63) is 12.2 Å². The normalized spacial score (nSPS) is 11.4. The SMILES string of the molecule is CCCCCCCCC=CCCCCCCCC[O][Ti]. The first-order valence-corrected chi connectivity index (χ1v) is 9.49. The maximum atomic E-state index is 5.05. The molecule has 0 aliphatic heterocycles. The molecule has 0 aromatic carbocycles. The van der Waals surface area contributed by atoms with Crippen molar-refractivity contribution in [2.24, 2.45) is 0 Å². The van der Waals surface area contributed by atoms with E-state index in [9.17, 15) is 0 Å². The molecule has 0 amide bonds. The molecule has 20 heavy (non-hydrogen) atoms. The Balaban J connectivity index is 3.01. The average Bonchev–Trinajstić information content (AvgIpc) is 2.47. The number of hydrogen-bond donors (Lipinski definition) is 0. The molecule has 0 rings (SSSR count). The van der Waals surface area contributed by atoms with Crippen LogP contribution in [0.5, 0.6) is 0 Å². The van der Waals surface area contributed by atoms with Gasteiger partial charge in [-0.25, -0.2) is 0 Å². The van der Waals surface area contributed by atoms with Crippen molar-refractivity contribution >= 4 is 0 Å². The molecule has 0 saturated carbocycles. The number of unbranched alkanes of at least 4 members (excludes halogenated alkanes) is 12. The molecule has 0 bridgehead atoms. The second-order valence-electron chi connectivity index (χ2n) is 5.79. The van der Waals surface area contributed by atoms with E-state index in [4.69, 9.17) is 3.32 Å². The van der Waals surface area contributed by atoms with Gasteiger partial charge in [0, 0.05) is 0 Å².